The number of nitrogens with zero attached hydrogens (tertiary/aromatic N) is 2. The quantitative estimate of drug-likeness (QED) is 0.623. The second-order valence-electron chi connectivity index (χ2n) is 7.80. The van der Waals surface area contributed by atoms with E-state index in [0.29, 0.717) is 25.2 Å². The number of hydrogen-bond acceptors (Lipinski definition) is 3. The Kier molecular flexibility index (Phi) is 5.98. The number of hydrogen-bond donors (Lipinski definition) is 0. The summed E-state index contributed by atoms with van der Waals surface area (Å²) < 4.78 is 5.51. The SMILES string of the molecule is Cc1ccc(N(Cc2ccco2)C(=O)C2CCCN(C(=O)c3ccccc3)C2)cc1. The van der Waals surface area contributed by atoms with E-state index in [1.165, 1.54) is 0 Å². The maximum absolute atomic E-state index is 13.6. The van der Waals surface area contributed by atoms with Crippen molar-refractivity contribution in [1.82, 2.24) is 4.90 Å². The molecule has 1 unspecified atom stereocenters. The zero-order valence-electron chi connectivity index (χ0n) is 17.2. The molecule has 2 amide bonds. The van der Waals surface area contributed by atoms with Gasteiger partial charge >= 0.3 is 0 Å². The maximum atomic E-state index is 13.6. The average Bonchev–Trinajstić information content (AvgIpc) is 3.31. The largest absolute Gasteiger partial charge is 0.467 e. The van der Waals surface area contributed by atoms with Gasteiger partial charge < -0.3 is 14.2 Å². The van der Waals surface area contributed by atoms with Crippen LogP contribution < -0.4 is 4.90 Å². The molecule has 30 heavy (non-hydrogen) atoms. The lowest BCUT2D eigenvalue weighted by Crippen LogP contribution is -2.46. The number of benzene rings is 2. The molecule has 1 aromatic heterocycles. The lowest BCUT2D eigenvalue weighted by Gasteiger charge is -2.35. The third kappa shape index (κ3) is 4.46. The third-order valence-electron chi connectivity index (χ3n) is 5.58. The van der Waals surface area contributed by atoms with Crippen LogP contribution in [0.1, 0.15) is 34.5 Å². The Balaban J connectivity index is 1.54. The molecule has 0 spiro atoms. The van der Waals surface area contributed by atoms with Gasteiger partial charge in [0.2, 0.25) is 5.91 Å². The summed E-state index contributed by atoms with van der Waals surface area (Å²) in [4.78, 5) is 30.0. The van der Waals surface area contributed by atoms with Crippen LogP contribution in [0, 0.1) is 12.8 Å². The number of likely N-dealkylation sites (tertiary alicyclic amines) is 1. The van der Waals surface area contributed by atoms with E-state index in [9.17, 15) is 9.59 Å². The number of piperidine rings is 1. The molecular formula is C25H26N2O3. The minimum Gasteiger partial charge on any atom is -0.467 e. The van der Waals surface area contributed by atoms with Crippen molar-refractivity contribution in [1.29, 1.82) is 0 Å². The molecular weight excluding hydrogens is 376 g/mol. The molecule has 1 fully saturated rings. The Morgan fingerprint density at radius 3 is 2.50 bits per heavy atom. The Bertz CT molecular complexity index is 981. The standard InChI is InChI=1S/C25H26N2O3/c1-19-11-13-22(14-12-19)27(18-23-10-6-16-30-23)25(29)21-9-5-15-26(17-21)24(28)20-7-3-2-4-8-20/h2-4,6-8,10-14,16,21H,5,9,15,17-18H2,1H3. The fourth-order valence-electron chi connectivity index (χ4n) is 3.93. The van der Waals surface area contributed by atoms with Gasteiger partial charge in [-0.15, -0.1) is 0 Å². The Morgan fingerprint density at radius 2 is 1.80 bits per heavy atom. The van der Waals surface area contributed by atoms with Gasteiger partial charge in [-0.25, -0.2) is 0 Å². The van der Waals surface area contributed by atoms with E-state index in [1.807, 2.05) is 78.6 Å². The zero-order valence-corrected chi connectivity index (χ0v) is 17.2. The van der Waals surface area contributed by atoms with Crippen LogP contribution in [-0.2, 0) is 11.3 Å². The second-order valence-corrected chi connectivity index (χ2v) is 7.80. The summed E-state index contributed by atoms with van der Waals surface area (Å²) in [6.45, 7) is 3.52. The minimum absolute atomic E-state index is 0.0129. The number of aryl methyl sites for hydroxylation is 1. The fourth-order valence-corrected chi connectivity index (χ4v) is 3.93. The molecule has 5 nitrogen and oxygen atoms in total. The van der Waals surface area contributed by atoms with Gasteiger partial charge in [-0.2, -0.15) is 0 Å². The summed E-state index contributed by atoms with van der Waals surface area (Å²) in [7, 11) is 0. The molecule has 1 aliphatic rings. The van der Waals surface area contributed by atoms with Crippen molar-refractivity contribution in [3.63, 3.8) is 0 Å². The number of carbonyl (C=O) groups is 2. The molecule has 3 aromatic rings. The Hall–Kier alpha value is -3.34. The van der Waals surface area contributed by atoms with Gasteiger partial charge in [0, 0.05) is 24.3 Å². The number of anilines is 1. The van der Waals surface area contributed by atoms with Gasteiger partial charge in [0.1, 0.15) is 5.76 Å². The topological polar surface area (TPSA) is 53.8 Å². The number of rotatable bonds is 5. The summed E-state index contributed by atoms with van der Waals surface area (Å²) in [5, 5.41) is 0. The van der Waals surface area contributed by atoms with Crippen molar-refractivity contribution in [3.8, 4) is 0 Å². The minimum atomic E-state index is -0.234. The predicted molar refractivity (Wildman–Crippen MR) is 116 cm³/mol. The van der Waals surface area contributed by atoms with Crippen molar-refractivity contribution in [2.24, 2.45) is 5.92 Å². The van der Waals surface area contributed by atoms with Crippen LogP contribution in [0.5, 0.6) is 0 Å². The summed E-state index contributed by atoms with van der Waals surface area (Å²) >= 11 is 0. The zero-order chi connectivity index (χ0) is 20.9. The van der Waals surface area contributed by atoms with E-state index in [1.54, 1.807) is 11.2 Å². The first-order valence-corrected chi connectivity index (χ1v) is 10.4. The molecule has 0 aliphatic carbocycles. The van der Waals surface area contributed by atoms with Gasteiger partial charge in [-0.1, -0.05) is 35.9 Å². The normalized spacial score (nSPS) is 16.3. The van der Waals surface area contributed by atoms with E-state index in [2.05, 4.69) is 0 Å². The van der Waals surface area contributed by atoms with Crippen LogP contribution in [0.2, 0.25) is 0 Å². The van der Waals surface area contributed by atoms with Gasteiger partial charge in [0.25, 0.3) is 5.91 Å². The average molecular weight is 402 g/mol. The molecule has 2 aromatic carbocycles. The van der Waals surface area contributed by atoms with E-state index in [-0.39, 0.29) is 17.7 Å². The lowest BCUT2D eigenvalue weighted by atomic mass is 9.95. The maximum Gasteiger partial charge on any atom is 0.253 e. The second kappa shape index (κ2) is 8.99. The molecule has 1 aliphatic heterocycles. The molecule has 0 saturated carbocycles. The van der Waals surface area contributed by atoms with Crippen molar-refractivity contribution < 1.29 is 14.0 Å². The molecule has 0 bridgehead atoms. The molecule has 2 heterocycles. The molecule has 5 heteroatoms. The van der Waals surface area contributed by atoms with E-state index in [0.717, 1.165) is 29.9 Å². The van der Waals surface area contributed by atoms with Crippen LogP contribution in [0.25, 0.3) is 0 Å². The van der Waals surface area contributed by atoms with E-state index in [4.69, 9.17) is 4.42 Å². The molecule has 154 valence electrons. The lowest BCUT2D eigenvalue weighted by molar-refractivity contribution is -0.123. The summed E-state index contributed by atoms with van der Waals surface area (Å²) in [5.41, 5.74) is 2.64. The fraction of sp³-hybridized carbons (Fsp3) is 0.280. The van der Waals surface area contributed by atoms with Crippen molar-refractivity contribution in [3.05, 3.63) is 89.9 Å². The summed E-state index contributed by atoms with van der Waals surface area (Å²) in [6, 6.07) is 20.9. The first kappa shape index (κ1) is 20.0. The van der Waals surface area contributed by atoms with Crippen LogP contribution in [0.3, 0.4) is 0 Å². The van der Waals surface area contributed by atoms with Crippen LogP contribution in [0.4, 0.5) is 5.69 Å². The Morgan fingerprint density at radius 1 is 1.03 bits per heavy atom. The first-order valence-electron chi connectivity index (χ1n) is 10.4. The first-order chi connectivity index (χ1) is 14.6. The Labute approximate surface area is 176 Å². The molecule has 0 radical (unpaired) electrons. The van der Waals surface area contributed by atoms with Crippen molar-refractivity contribution >= 4 is 17.5 Å². The van der Waals surface area contributed by atoms with Gasteiger partial charge in [-0.3, -0.25) is 9.59 Å². The van der Waals surface area contributed by atoms with Crippen LogP contribution >= 0.6 is 0 Å². The summed E-state index contributed by atoms with van der Waals surface area (Å²) in [5.74, 6) is 0.515. The van der Waals surface area contributed by atoms with E-state index < -0.39 is 0 Å². The number of carbonyl (C=O) groups excluding carboxylic acids is 2. The van der Waals surface area contributed by atoms with Gasteiger partial charge in [0.15, 0.2) is 0 Å². The molecule has 1 atom stereocenters. The highest BCUT2D eigenvalue weighted by Gasteiger charge is 2.32. The van der Waals surface area contributed by atoms with Crippen LogP contribution in [0.15, 0.2) is 77.4 Å². The van der Waals surface area contributed by atoms with Crippen molar-refractivity contribution in [2.75, 3.05) is 18.0 Å². The number of furan rings is 1. The highest BCUT2D eigenvalue weighted by molar-refractivity contribution is 5.97. The molecule has 1 saturated heterocycles. The van der Waals surface area contributed by atoms with Crippen LogP contribution in [-0.4, -0.2) is 29.8 Å². The monoisotopic (exact) mass is 402 g/mol. The van der Waals surface area contributed by atoms with Gasteiger partial charge in [0.05, 0.1) is 18.7 Å². The highest BCUT2D eigenvalue weighted by atomic mass is 16.3. The molecule has 0 N–H and O–H groups in total. The predicted octanol–water partition coefficient (Wildman–Crippen LogP) is 4.67. The van der Waals surface area contributed by atoms with Crippen molar-refractivity contribution in [2.45, 2.75) is 26.3 Å². The van der Waals surface area contributed by atoms with Gasteiger partial charge in [-0.05, 0) is 56.2 Å². The number of amides is 2. The highest BCUT2D eigenvalue weighted by Crippen LogP contribution is 2.26. The third-order valence-corrected chi connectivity index (χ3v) is 5.58. The summed E-state index contributed by atoms with van der Waals surface area (Å²) in [6.07, 6.45) is 3.21. The molecule has 4 rings (SSSR count). The van der Waals surface area contributed by atoms with E-state index >= 15 is 0 Å². The smallest absolute Gasteiger partial charge is 0.253 e.